The Morgan fingerprint density at radius 1 is 1.36 bits per heavy atom. The molecule has 1 fully saturated rings. The SMILES string of the molecule is CC1CC(C(=O)[O-])CCC1(C)C(=O)[O-]. The summed E-state index contributed by atoms with van der Waals surface area (Å²) in [5.41, 5.74) is -0.883. The topological polar surface area (TPSA) is 80.3 Å². The molecule has 1 aliphatic carbocycles. The van der Waals surface area contributed by atoms with Gasteiger partial charge in [-0.05, 0) is 31.1 Å². The first-order valence-electron chi connectivity index (χ1n) is 4.80. The van der Waals surface area contributed by atoms with Gasteiger partial charge >= 0.3 is 0 Å². The molecule has 0 spiro atoms. The van der Waals surface area contributed by atoms with Crippen LogP contribution >= 0.6 is 0 Å². The van der Waals surface area contributed by atoms with Crippen LogP contribution in [-0.2, 0) is 9.59 Å². The first-order chi connectivity index (χ1) is 6.38. The van der Waals surface area contributed by atoms with Crippen LogP contribution in [0.5, 0.6) is 0 Å². The monoisotopic (exact) mass is 198 g/mol. The summed E-state index contributed by atoms with van der Waals surface area (Å²) in [5, 5.41) is 21.5. The molecule has 0 radical (unpaired) electrons. The van der Waals surface area contributed by atoms with E-state index < -0.39 is 23.3 Å². The Morgan fingerprint density at radius 2 is 1.93 bits per heavy atom. The highest BCUT2D eigenvalue weighted by molar-refractivity contribution is 5.74. The van der Waals surface area contributed by atoms with Gasteiger partial charge in [-0.25, -0.2) is 0 Å². The van der Waals surface area contributed by atoms with Crippen molar-refractivity contribution in [3.8, 4) is 0 Å². The number of carbonyl (C=O) groups excluding carboxylic acids is 2. The highest BCUT2D eigenvalue weighted by Gasteiger charge is 2.38. The third kappa shape index (κ3) is 1.74. The normalized spacial score (nSPS) is 37.9. The molecule has 0 amide bonds. The summed E-state index contributed by atoms with van der Waals surface area (Å²) in [6.45, 7) is 3.38. The molecule has 0 bridgehead atoms. The lowest BCUT2D eigenvalue weighted by atomic mass is 9.65. The summed E-state index contributed by atoms with van der Waals surface area (Å²) in [5.74, 6) is -2.83. The molecule has 1 aliphatic rings. The van der Waals surface area contributed by atoms with Gasteiger partial charge in [-0.2, -0.15) is 0 Å². The molecule has 1 rings (SSSR count). The van der Waals surface area contributed by atoms with Gasteiger partial charge in [0, 0.05) is 17.4 Å². The lowest BCUT2D eigenvalue weighted by Gasteiger charge is -2.43. The quantitative estimate of drug-likeness (QED) is 0.565. The lowest BCUT2D eigenvalue weighted by molar-refractivity contribution is -0.327. The van der Waals surface area contributed by atoms with Gasteiger partial charge in [-0.15, -0.1) is 0 Å². The minimum absolute atomic E-state index is 0.177. The molecule has 4 heteroatoms. The number of carboxylic acid groups (broad SMARTS) is 2. The summed E-state index contributed by atoms with van der Waals surface area (Å²) in [6.07, 6.45) is 1.10. The van der Waals surface area contributed by atoms with Crippen LogP contribution in [0.4, 0.5) is 0 Å². The number of hydrogen-bond donors (Lipinski definition) is 0. The van der Waals surface area contributed by atoms with Crippen molar-refractivity contribution in [3.63, 3.8) is 0 Å². The summed E-state index contributed by atoms with van der Waals surface area (Å²) in [7, 11) is 0. The van der Waals surface area contributed by atoms with Gasteiger partial charge in [0.25, 0.3) is 0 Å². The second-order valence-corrected chi connectivity index (χ2v) is 4.40. The molecule has 0 aromatic heterocycles. The molecule has 0 heterocycles. The molecule has 3 unspecified atom stereocenters. The molecule has 4 nitrogen and oxygen atoms in total. The third-order valence-corrected chi connectivity index (χ3v) is 3.54. The maximum Gasteiger partial charge on any atom is 0.0476 e. The van der Waals surface area contributed by atoms with Crippen molar-refractivity contribution >= 4 is 11.9 Å². The van der Waals surface area contributed by atoms with Crippen LogP contribution < -0.4 is 10.2 Å². The smallest absolute Gasteiger partial charge is 0.0476 e. The fourth-order valence-electron chi connectivity index (χ4n) is 2.04. The molecular formula is C10H14O4-2. The van der Waals surface area contributed by atoms with Crippen molar-refractivity contribution < 1.29 is 19.8 Å². The van der Waals surface area contributed by atoms with E-state index in [9.17, 15) is 19.8 Å². The van der Waals surface area contributed by atoms with Crippen LogP contribution in [0.3, 0.4) is 0 Å². The number of rotatable bonds is 2. The number of aliphatic carboxylic acids is 2. The van der Waals surface area contributed by atoms with Crippen LogP contribution in [0, 0.1) is 17.3 Å². The molecule has 3 atom stereocenters. The molecular weight excluding hydrogens is 184 g/mol. The van der Waals surface area contributed by atoms with E-state index in [1.165, 1.54) is 0 Å². The molecule has 0 saturated heterocycles. The molecule has 1 saturated carbocycles. The van der Waals surface area contributed by atoms with E-state index in [4.69, 9.17) is 0 Å². The van der Waals surface area contributed by atoms with Crippen LogP contribution in [0.1, 0.15) is 33.1 Å². The molecule has 0 aliphatic heterocycles. The van der Waals surface area contributed by atoms with Crippen LogP contribution in [-0.4, -0.2) is 11.9 Å². The summed E-state index contributed by atoms with van der Waals surface area (Å²) in [4.78, 5) is 21.5. The van der Waals surface area contributed by atoms with Crippen molar-refractivity contribution in [2.24, 2.45) is 17.3 Å². The minimum atomic E-state index is -1.08. The fraction of sp³-hybridized carbons (Fsp3) is 0.800. The van der Waals surface area contributed by atoms with E-state index in [0.29, 0.717) is 19.3 Å². The summed E-state index contributed by atoms with van der Waals surface area (Å²) < 4.78 is 0. The van der Waals surface area contributed by atoms with Gasteiger partial charge in [0.2, 0.25) is 0 Å². The Bertz CT molecular complexity index is 261. The van der Waals surface area contributed by atoms with E-state index in [2.05, 4.69) is 0 Å². The van der Waals surface area contributed by atoms with Crippen molar-refractivity contribution in [3.05, 3.63) is 0 Å². The average molecular weight is 198 g/mol. The van der Waals surface area contributed by atoms with Gasteiger partial charge in [0.05, 0.1) is 0 Å². The largest absolute Gasteiger partial charge is 0.550 e. The minimum Gasteiger partial charge on any atom is -0.550 e. The van der Waals surface area contributed by atoms with Crippen molar-refractivity contribution in [2.45, 2.75) is 33.1 Å². The summed E-state index contributed by atoms with van der Waals surface area (Å²) in [6, 6.07) is 0. The average Bonchev–Trinajstić information content (AvgIpc) is 2.09. The predicted octanol–water partition coefficient (Wildman–Crippen LogP) is -1.07. The predicted molar refractivity (Wildman–Crippen MR) is 44.6 cm³/mol. The molecule has 0 N–H and O–H groups in total. The zero-order valence-electron chi connectivity index (χ0n) is 8.41. The Balaban J connectivity index is 2.74. The second-order valence-electron chi connectivity index (χ2n) is 4.40. The number of carboxylic acids is 2. The fourth-order valence-corrected chi connectivity index (χ4v) is 2.04. The highest BCUT2D eigenvalue weighted by atomic mass is 16.4. The number of carbonyl (C=O) groups is 2. The van der Waals surface area contributed by atoms with Crippen molar-refractivity contribution in [1.29, 1.82) is 0 Å². The Kier molecular flexibility index (Phi) is 2.83. The maximum absolute atomic E-state index is 10.9. The first-order valence-corrected chi connectivity index (χ1v) is 4.80. The van der Waals surface area contributed by atoms with E-state index in [-0.39, 0.29) is 5.92 Å². The molecule has 80 valence electrons. The molecule has 14 heavy (non-hydrogen) atoms. The van der Waals surface area contributed by atoms with Crippen molar-refractivity contribution in [1.82, 2.24) is 0 Å². The van der Waals surface area contributed by atoms with Crippen molar-refractivity contribution in [2.75, 3.05) is 0 Å². The lowest BCUT2D eigenvalue weighted by Crippen LogP contribution is -2.49. The number of hydrogen-bond acceptors (Lipinski definition) is 4. The Labute approximate surface area is 82.9 Å². The van der Waals surface area contributed by atoms with E-state index in [1.807, 2.05) is 0 Å². The zero-order valence-corrected chi connectivity index (χ0v) is 8.41. The van der Waals surface area contributed by atoms with E-state index in [1.54, 1.807) is 13.8 Å². The van der Waals surface area contributed by atoms with Gasteiger partial charge in [0.1, 0.15) is 0 Å². The van der Waals surface area contributed by atoms with E-state index >= 15 is 0 Å². The van der Waals surface area contributed by atoms with Crippen LogP contribution in [0.2, 0.25) is 0 Å². The third-order valence-electron chi connectivity index (χ3n) is 3.54. The van der Waals surface area contributed by atoms with Gasteiger partial charge in [0.15, 0.2) is 0 Å². The van der Waals surface area contributed by atoms with E-state index in [0.717, 1.165) is 0 Å². The first kappa shape index (κ1) is 11.0. The van der Waals surface area contributed by atoms with Crippen LogP contribution in [0.25, 0.3) is 0 Å². The standard InChI is InChI=1S/C10H16O4/c1-6-5-7(8(11)12)3-4-10(6,2)9(13)14/h6-7H,3-5H2,1-2H3,(H,11,12)(H,13,14)/p-2. The van der Waals surface area contributed by atoms with Gasteiger partial charge < -0.3 is 19.8 Å². The highest BCUT2D eigenvalue weighted by Crippen LogP contribution is 2.42. The van der Waals surface area contributed by atoms with Gasteiger partial charge in [-0.1, -0.05) is 13.8 Å². The molecule has 0 aromatic rings. The summed E-state index contributed by atoms with van der Waals surface area (Å²) >= 11 is 0. The molecule has 0 aromatic carbocycles. The Morgan fingerprint density at radius 3 is 2.29 bits per heavy atom. The Hall–Kier alpha value is -1.06. The van der Waals surface area contributed by atoms with Crippen LogP contribution in [0.15, 0.2) is 0 Å². The maximum atomic E-state index is 10.9. The van der Waals surface area contributed by atoms with Gasteiger partial charge in [-0.3, -0.25) is 0 Å². The zero-order chi connectivity index (χ0) is 10.9. The second kappa shape index (κ2) is 3.59.